The minimum atomic E-state index is 0.102. The van der Waals surface area contributed by atoms with E-state index in [0.29, 0.717) is 12.5 Å². The molecule has 2 aliphatic heterocycles. The van der Waals surface area contributed by atoms with Crippen LogP contribution in [-0.4, -0.2) is 38.7 Å². The molecule has 2 aliphatic rings. The van der Waals surface area contributed by atoms with Gasteiger partial charge >= 0.3 is 0 Å². The lowest BCUT2D eigenvalue weighted by molar-refractivity contribution is -0.886. The molecule has 0 saturated carbocycles. The lowest BCUT2D eigenvalue weighted by Crippen LogP contribution is -3.11. The Morgan fingerprint density at radius 1 is 1.23 bits per heavy atom. The molecule has 2 aromatic carbocycles. The van der Waals surface area contributed by atoms with Gasteiger partial charge in [-0.15, -0.1) is 0 Å². The molecule has 1 fully saturated rings. The molecule has 3 atom stereocenters. The van der Waals surface area contributed by atoms with Crippen LogP contribution in [0.25, 0.3) is 0 Å². The van der Waals surface area contributed by atoms with Gasteiger partial charge in [-0.1, -0.05) is 17.7 Å². The van der Waals surface area contributed by atoms with Gasteiger partial charge in [-0.25, -0.2) is 0 Å². The molecule has 136 valence electrons. The molecule has 1 N–H and O–H groups in total. The number of likely N-dealkylation sites (tertiary alicyclic amines) is 1. The molecule has 1 amide bonds. The van der Waals surface area contributed by atoms with Gasteiger partial charge < -0.3 is 14.5 Å². The van der Waals surface area contributed by atoms with Crippen LogP contribution in [0.4, 0.5) is 5.69 Å². The standard InChI is InChI=1S/C22H26N2O2/c1-4-26-17-8-6-16(7-9-17)22(25)24-20-10-5-15(2)13-18(20)19-14-23(3)12-11-21(19)24/h5-10,13,19,21H,4,11-12,14H2,1-3H3/p+1/t19-,21-/m0/s1. The van der Waals surface area contributed by atoms with Gasteiger partial charge in [-0.05, 0) is 49.7 Å². The highest BCUT2D eigenvalue weighted by Gasteiger charge is 2.45. The second-order valence-corrected chi connectivity index (χ2v) is 7.57. The number of nitrogens with one attached hydrogen (secondary N) is 1. The van der Waals surface area contributed by atoms with E-state index in [1.807, 2.05) is 31.2 Å². The second-order valence-electron chi connectivity index (χ2n) is 7.57. The highest BCUT2D eigenvalue weighted by Crippen LogP contribution is 2.43. The van der Waals surface area contributed by atoms with Crippen LogP contribution in [0.2, 0.25) is 0 Å². The van der Waals surface area contributed by atoms with Crippen LogP contribution in [0.3, 0.4) is 0 Å². The van der Waals surface area contributed by atoms with E-state index in [2.05, 4.69) is 37.1 Å². The van der Waals surface area contributed by atoms with Crippen LogP contribution < -0.4 is 14.5 Å². The first-order chi connectivity index (χ1) is 12.6. The van der Waals surface area contributed by atoms with E-state index in [1.165, 1.54) is 11.1 Å². The SMILES string of the molecule is CCOc1ccc(C(=O)N2c3ccc(C)cc3[C@@H]3C[NH+](C)CC[C@@H]32)cc1. The van der Waals surface area contributed by atoms with Gasteiger partial charge in [0.1, 0.15) is 5.75 Å². The maximum atomic E-state index is 13.4. The van der Waals surface area contributed by atoms with Crippen molar-refractivity contribution in [1.82, 2.24) is 0 Å². The van der Waals surface area contributed by atoms with Crippen LogP contribution in [0.1, 0.15) is 40.7 Å². The number of rotatable bonds is 3. The van der Waals surface area contributed by atoms with E-state index in [-0.39, 0.29) is 11.9 Å². The highest BCUT2D eigenvalue weighted by atomic mass is 16.5. The summed E-state index contributed by atoms with van der Waals surface area (Å²) in [5.74, 6) is 1.35. The van der Waals surface area contributed by atoms with Crippen LogP contribution in [0.15, 0.2) is 42.5 Å². The fraction of sp³-hybridized carbons (Fsp3) is 0.409. The van der Waals surface area contributed by atoms with Gasteiger partial charge in [-0.2, -0.15) is 0 Å². The first-order valence-electron chi connectivity index (χ1n) is 9.56. The molecule has 1 saturated heterocycles. The number of carbonyl (C=O) groups is 1. The maximum absolute atomic E-state index is 13.4. The van der Waals surface area contributed by atoms with Crippen molar-refractivity contribution in [2.24, 2.45) is 0 Å². The van der Waals surface area contributed by atoms with Crippen molar-refractivity contribution >= 4 is 11.6 Å². The van der Waals surface area contributed by atoms with Gasteiger partial charge in [0.2, 0.25) is 0 Å². The van der Waals surface area contributed by atoms with Gasteiger partial charge in [0.15, 0.2) is 0 Å². The van der Waals surface area contributed by atoms with Gasteiger partial charge in [0.05, 0.1) is 38.7 Å². The van der Waals surface area contributed by atoms with Gasteiger partial charge in [-0.3, -0.25) is 4.79 Å². The average molecular weight is 351 g/mol. The smallest absolute Gasteiger partial charge is 0.258 e. The molecule has 1 unspecified atom stereocenters. The molecule has 2 heterocycles. The molecule has 4 nitrogen and oxygen atoms in total. The quantitative estimate of drug-likeness (QED) is 0.922. The van der Waals surface area contributed by atoms with Crippen molar-refractivity contribution in [3.63, 3.8) is 0 Å². The summed E-state index contributed by atoms with van der Waals surface area (Å²) in [5.41, 5.74) is 4.43. The zero-order chi connectivity index (χ0) is 18.3. The summed E-state index contributed by atoms with van der Waals surface area (Å²) in [6, 6.07) is 14.3. The average Bonchev–Trinajstić information content (AvgIpc) is 2.95. The van der Waals surface area contributed by atoms with Crippen molar-refractivity contribution in [2.75, 3.05) is 31.6 Å². The molecule has 0 radical (unpaired) electrons. The van der Waals surface area contributed by atoms with Crippen molar-refractivity contribution in [1.29, 1.82) is 0 Å². The van der Waals surface area contributed by atoms with Crippen molar-refractivity contribution in [2.45, 2.75) is 32.2 Å². The number of fused-ring (bicyclic) bond motifs is 3. The Morgan fingerprint density at radius 3 is 2.73 bits per heavy atom. The van der Waals surface area contributed by atoms with Gasteiger partial charge in [0, 0.05) is 17.7 Å². The predicted molar refractivity (Wildman–Crippen MR) is 103 cm³/mol. The number of ether oxygens (including phenoxy) is 1. The molecule has 0 aromatic heterocycles. The highest BCUT2D eigenvalue weighted by molar-refractivity contribution is 6.08. The zero-order valence-corrected chi connectivity index (χ0v) is 15.8. The van der Waals surface area contributed by atoms with Gasteiger partial charge in [0.25, 0.3) is 5.91 Å². The number of nitrogens with zero attached hydrogens (tertiary/aromatic N) is 1. The van der Waals surface area contributed by atoms with E-state index >= 15 is 0 Å². The first kappa shape index (κ1) is 17.1. The van der Waals surface area contributed by atoms with E-state index in [9.17, 15) is 4.79 Å². The Kier molecular flexibility index (Phi) is 4.45. The molecule has 4 heteroatoms. The number of piperidine rings is 1. The number of carbonyl (C=O) groups excluding carboxylic acids is 1. The number of quaternary nitrogens is 1. The Morgan fingerprint density at radius 2 is 2.00 bits per heavy atom. The first-order valence-corrected chi connectivity index (χ1v) is 9.56. The summed E-state index contributed by atoms with van der Waals surface area (Å²) in [5, 5.41) is 0. The zero-order valence-electron chi connectivity index (χ0n) is 15.8. The van der Waals surface area contributed by atoms with Crippen LogP contribution >= 0.6 is 0 Å². The third kappa shape index (κ3) is 2.88. The Bertz CT molecular complexity index is 815. The van der Waals surface area contributed by atoms with Crippen molar-refractivity contribution in [3.8, 4) is 5.75 Å². The Balaban J connectivity index is 1.70. The molecule has 0 bridgehead atoms. The number of hydrogen-bond donors (Lipinski definition) is 1. The number of amides is 1. The largest absolute Gasteiger partial charge is 0.494 e. The fourth-order valence-electron chi connectivity index (χ4n) is 4.46. The van der Waals surface area contributed by atoms with Crippen molar-refractivity contribution in [3.05, 3.63) is 59.2 Å². The number of benzene rings is 2. The molecular weight excluding hydrogens is 324 g/mol. The summed E-state index contributed by atoms with van der Waals surface area (Å²) in [4.78, 5) is 17.0. The molecule has 26 heavy (non-hydrogen) atoms. The number of anilines is 1. The second kappa shape index (κ2) is 6.76. The number of likely N-dealkylation sites (N-methyl/N-ethyl adjacent to an activating group) is 1. The van der Waals surface area contributed by atoms with E-state index in [0.717, 1.165) is 36.5 Å². The Labute approximate surface area is 155 Å². The fourth-order valence-corrected chi connectivity index (χ4v) is 4.46. The molecule has 2 aromatic rings. The van der Waals surface area contributed by atoms with E-state index < -0.39 is 0 Å². The summed E-state index contributed by atoms with van der Waals surface area (Å²) in [6.07, 6.45) is 1.05. The monoisotopic (exact) mass is 351 g/mol. The van der Waals surface area contributed by atoms with Crippen molar-refractivity contribution < 1.29 is 14.4 Å². The molecule has 0 aliphatic carbocycles. The Hall–Kier alpha value is -2.33. The molecule has 4 rings (SSSR count). The third-order valence-electron chi connectivity index (χ3n) is 5.70. The minimum Gasteiger partial charge on any atom is -0.494 e. The lowest BCUT2D eigenvalue weighted by atomic mass is 9.88. The normalized spacial score (nSPS) is 24.1. The summed E-state index contributed by atoms with van der Waals surface area (Å²) in [6.45, 7) is 6.93. The molecular formula is C22H27N2O2+. The summed E-state index contributed by atoms with van der Waals surface area (Å²) < 4.78 is 5.51. The maximum Gasteiger partial charge on any atom is 0.258 e. The van der Waals surface area contributed by atoms with Crippen LogP contribution in [0.5, 0.6) is 5.75 Å². The predicted octanol–water partition coefficient (Wildman–Crippen LogP) is 2.42. The van der Waals surface area contributed by atoms with E-state index in [1.54, 1.807) is 4.90 Å². The molecule has 0 spiro atoms. The van der Waals surface area contributed by atoms with Crippen LogP contribution in [0, 0.1) is 6.92 Å². The number of aryl methyl sites for hydroxylation is 1. The van der Waals surface area contributed by atoms with E-state index in [4.69, 9.17) is 4.74 Å². The minimum absolute atomic E-state index is 0.102. The number of hydrogen-bond acceptors (Lipinski definition) is 2. The summed E-state index contributed by atoms with van der Waals surface area (Å²) >= 11 is 0. The topological polar surface area (TPSA) is 34.0 Å². The lowest BCUT2D eigenvalue weighted by Gasteiger charge is -2.34. The van der Waals surface area contributed by atoms with Crippen LogP contribution in [-0.2, 0) is 0 Å². The summed E-state index contributed by atoms with van der Waals surface area (Å²) in [7, 11) is 2.25. The third-order valence-corrected chi connectivity index (χ3v) is 5.70.